The maximum absolute atomic E-state index is 12.1. The largest absolute Gasteiger partial charge is 0.372 e. The van der Waals surface area contributed by atoms with Gasteiger partial charge in [0, 0.05) is 6.61 Å². The third-order valence-corrected chi connectivity index (χ3v) is 5.99. The van der Waals surface area contributed by atoms with E-state index in [1.807, 2.05) is 31.2 Å². The maximum atomic E-state index is 12.1. The molecule has 0 bridgehead atoms. The van der Waals surface area contributed by atoms with Gasteiger partial charge in [-0.05, 0) is 38.2 Å². The van der Waals surface area contributed by atoms with Gasteiger partial charge in [-0.25, -0.2) is 13.1 Å². The zero-order chi connectivity index (χ0) is 14.2. The van der Waals surface area contributed by atoms with Crippen LogP contribution in [-0.2, 0) is 14.8 Å². The van der Waals surface area contributed by atoms with Crippen molar-refractivity contribution in [2.75, 3.05) is 6.61 Å². The molecule has 1 N–H and O–H groups in total. The van der Waals surface area contributed by atoms with Gasteiger partial charge in [-0.3, -0.25) is 0 Å². The predicted octanol–water partition coefficient (Wildman–Crippen LogP) is 2.30. The molecule has 2 aliphatic rings. The first kappa shape index (κ1) is 14.0. The second-order valence-electron chi connectivity index (χ2n) is 5.81. The highest BCUT2D eigenvalue weighted by Crippen LogP contribution is 2.32. The summed E-state index contributed by atoms with van der Waals surface area (Å²) in [6.45, 7) is 2.74. The van der Waals surface area contributed by atoms with Crippen LogP contribution in [0.2, 0.25) is 0 Å². The minimum atomic E-state index is -3.17. The van der Waals surface area contributed by atoms with Gasteiger partial charge < -0.3 is 4.74 Å². The molecule has 1 aromatic rings. The average Bonchev–Trinajstić information content (AvgIpc) is 3.25. The summed E-state index contributed by atoms with van der Waals surface area (Å²) >= 11 is 0. The van der Waals surface area contributed by atoms with E-state index in [-0.39, 0.29) is 17.4 Å². The lowest BCUT2D eigenvalue weighted by Crippen LogP contribution is -2.43. The van der Waals surface area contributed by atoms with Crippen molar-refractivity contribution >= 4 is 10.0 Å². The first-order valence-electron chi connectivity index (χ1n) is 7.25. The van der Waals surface area contributed by atoms with Crippen LogP contribution in [0.1, 0.15) is 42.9 Å². The first-order chi connectivity index (χ1) is 9.56. The van der Waals surface area contributed by atoms with E-state index in [1.54, 1.807) is 0 Å². The standard InChI is InChI=1S/C15H21NO3S/c1-11-4-6-12(7-5-11)15-14(3-2-10-19-15)16-20(17,18)13-8-9-13/h4-7,13-16H,2-3,8-10H2,1H3. The molecule has 4 nitrogen and oxygen atoms in total. The van der Waals surface area contributed by atoms with Crippen LogP contribution >= 0.6 is 0 Å². The Morgan fingerprint density at radius 2 is 1.85 bits per heavy atom. The van der Waals surface area contributed by atoms with Crippen LogP contribution < -0.4 is 4.72 Å². The fraction of sp³-hybridized carbons (Fsp3) is 0.600. The molecule has 1 aliphatic heterocycles. The fourth-order valence-corrected chi connectivity index (χ4v) is 4.28. The quantitative estimate of drug-likeness (QED) is 0.927. The molecule has 0 aromatic heterocycles. The normalized spacial score (nSPS) is 27.4. The molecular weight excluding hydrogens is 274 g/mol. The highest BCUT2D eigenvalue weighted by atomic mass is 32.2. The molecule has 110 valence electrons. The summed E-state index contributed by atoms with van der Waals surface area (Å²) in [6, 6.07) is 8.00. The highest BCUT2D eigenvalue weighted by Gasteiger charge is 2.39. The second-order valence-corrected chi connectivity index (χ2v) is 7.81. The molecule has 1 saturated heterocycles. The topological polar surface area (TPSA) is 55.4 Å². The van der Waals surface area contributed by atoms with E-state index in [2.05, 4.69) is 4.72 Å². The molecule has 1 aliphatic carbocycles. The number of benzene rings is 1. The molecule has 0 amide bonds. The van der Waals surface area contributed by atoms with E-state index in [1.165, 1.54) is 5.56 Å². The Morgan fingerprint density at radius 1 is 1.15 bits per heavy atom. The summed E-state index contributed by atoms with van der Waals surface area (Å²) in [7, 11) is -3.17. The van der Waals surface area contributed by atoms with E-state index in [0.29, 0.717) is 6.61 Å². The van der Waals surface area contributed by atoms with E-state index in [9.17, 15) is 8.42 Å². The number of hydrogen-bond acceptors (Lipinski definition) is 3. The zero-order valence-electron chi connectivity index (χ0n) is 11.7. The number of nitrogens with one attached hydrogen (secondary N) is 1. The van der Waals surface area contributed by atoms with E-state index < -0.39 is 10.0 Å². The Balaban J connectivity index is 1.78. The van der Waals surface area contributed by atoms with Gasteiger partial charge in [-0.1, -0.05) is 29.8 Å². The SMILES string of the molecule is Cc1ccc(C2OCCCC2NS(=O)(=O)C2CC2)cc1. The number of hydrogen-bond donors (Lipinski definition) is 1. The summed E-state index contributed by atoms with van der Waals surface area (Å²) in [4.78, 5) is 0. The van der Waals surface area contributed by atoms with Crippen molar-refractivity contribution in [3.05, 3.63) is 35.4 Å². The number of sulfonamides is 1. The number of rotatable bonds is 4. The third-order valence-electron chi connectivity index (χ3n) is 4.01. The molecule has 1 heterocycles. The van der Waals surface area contributed by atoms with Crippen molar-refractivity contribution < 1.29 is 13.2 Å². The van der Waals surface area contributed by atoms with Crippen LogP contribution in [0.3, 0.4) is 0 Å². The van der Waals surface area contributed by atoms with Gasteiger partial charge in [0.25, 0.3) is 0 Å². The van der Waals surface area contributed by atoms with Crippen LogP contribution in [0.25, 0.3) is 0 Å². The molecule has 1 aromatic carbocycles. The summed E-state index contributed by atoms with van der Waals surface area (Å²) in [5.74, 6) is 0. The van der Waals surface area contributed by atoms with Crippen molar-refractivity contribution in [2.24, 2.45) is 0 Å². The Hall–Kier alpha value is -0.910. The number of aryl methyl sites for hydroxylation is 1. The second kappa shape index (κ2) is 5.47. The van der Waals surface area contributed by atoms with Crippen molar-refractivity contribution in [2.45, 2.75) is 50.0 Å². The van der Waals surface area contributed by atoms with Gasteiger partial charge in [-0.2, -0.15) is 0 Å². The van der Waals surface area contributed by atoms with Crippen molar-refractivity contribution in [3.8, 4) is 0 Å². The third kappa shape index (κ3) is 3.05. The molecule has 2 unspecified atom stereocenters. The van der Waals surface area contributed by atoms with E-state index >= 15 is 0 Å². The van der Waals surface area contributed by atoms with Gasteiger partial charge >= 0.3 is 0 Å². The molecule has 2 fully saturated rings. The predicted molar refractivity (Wildman–Crippen MR) is 78.0 cm³/mol. The molecule has 2 atom stereocenters. The van der Waals surface area contributed by atoms with Gasteiger partial charge in [0.15, 0.2) is 0 Å². The lowest BCUT2D eigenvalue weighted by atomic mass is 9.96. The minimum Gasteiger partial charge on any atom is -0.372 e. The lowest BCUT2D eigenvalue weighted by molar-refractivity contribution is -0.00444. The summed E-state index contributed by atoms with van der Waals surface area (Å²) in [6.07, 6.45) is 3.15. The van der Waals surface area contributed by atoms with Gasteiger partial charge in [-0.15, -0.1) is 0 Å². The maximum Gasteiger partial charge on any atom is 0.214 e. The summed E-state index contributed by atoms with van der Waals surface area (Å²) < 4.78 is 33.0. The average molecular weight is 295 g/mol. The fourth-order valence-electron chi connectivity index (χ4n) is 2.67. The Kier molecular flexibility index (Phi) is 3.84. The van der Waals surface area contributed by atoms with Gasteiger partial charge in [0.05, 0.1) is 17.4 Å². The Labute approximate surface area is 120 Å². The van der Waals surface area contributed by atoms with E-state index in [4.69, 9.17) is 4.74 Å². The molecule has 1 saturated carbocycles. The summed E-state index contributed by atoms with van der Waals surface area (Å²) in [5, 5.41) is -0.178. The van der Waals surface area contributed by atoms with Gasteiger partial charge in [0.1, 0.15) is 0 Å². The highest BCUT2D eigenvalue weighted by molar-refractivity contribution is 7.90. The van der Waals surface area contributed by atoms with Crippen LogP contribution in [0.4, 0.5) is 0 Å². The van der Waals surface area contributed by atoms with Crippen LogP contribution in [0, 0.1) is 6.92 Å². The van der Waals surface area contributed by atoms with Gasteiger partial charge in [0.2, 0.25) is 10.0 Å². The molecule has 20 heavy (non-hydrogen) atoms. The van der Waals surface area contributed by atoms with Crippen molar-refractivity contribution in [1.29, 1.82) is 0 Å². The van der Waals surface area contributed by atoms with Crippen LogP contribution in [0.5, 0.6) is 0 Å². The van der Waals surface area contributed by atoms with Crippen molar-refractivity contribution in [3.63, 3.8) is 0 Å². The summed E-state index contributed by atoms with van der Waals surface area (Å²) in [5.41, 5.74) is 2.25. The Bertz CT molecular complexity index is 563. The smallest absolute Gasteiger partial charge is 0.214 e. The van der Waals surface area contributed by atoms with E-state index in [0.717, 1.165) is 31.2 Å². The lowest BCUT2D eigenvalue weighted by Gasteiger charge is -2.32. The molecule has 3 rings (SSSR count). The van der Waals surface area contributed by atoms with Crippen molar-refractivity contribution in [1.82, 2.24) is 4.72 Å². The molecular formula is C15H21NO3S. The van der Waals surface area contributed by atoms with Crippen LogP contribution in [0.15, 0.2) is 24.3 Å². The molecule has 0 spiro atoms. The minimum absolute atomic E-state index is 0.142. The molecule has 0 radical (unpaired) electrons. The molecule has 5 heteroatoms. The van der Waals surface area contributed by atoms with Crippen LogP contribution in [-0.4, -0.2) is 26.3 Å². The number of ether oxygens (including phenoxy) is 1. The first-order valence-corrected chi connectivity index (χ1v) is 8.80. The monoisotopic (exact) mass is 295 g/mol. The zero-order valence-corrected chi connectivity index (χ0v) is 12.5. The Morgan fingerprint density at radius 3 is 2.50 bits per heavy atom.